The normalized spacial score (nSPS) is 17.0. The lowest BCUT2D eigenvalue weighted by molar-refractivity contribution is -0.137. The first-order chi connectivity index (χ1) is 12.5. The molecule has 0 saturated carbocycles. The van der Waals surface area contributed by atoms with Crippen molar-refractivity contribution >= 4 is 36.0 Å². The van der Waals surface area contributed by atoms with E-state index in [1.165, 1.54) is 0 Å². The monoisotopic (exact) mass is 396 g/mol. The molecule has 2 heterocycles. The van der Waals surface area contributed by atoms with Crippen molar-refractivity contribution in [2.24, 2.45) is 0 Å². The van der Waals surface area contributed by atoms with Gasteiger partial charge in [-0.15, -0.1) is 12.4 Å². The Labute approximate surface area is 164 Å². The third-order valence-electron chi connectivity index (χ3n) is 4.77. The molecule has 0 bridgehead atoms. The highest BCUT2D eigenvalue weighted by Crippen LogP contribution is 2.21. The highest BCUT2D eigenvalue weighted by atomic mass is 35.5. The molecule has 3 amide bonds. The molecule has 2 aliphatic heterocycles. The van der Waals surface area contributed by atoms with Crippen LogP contribution in [0.4, 0.5) is 10.5 Å². The molecule has 9 heteroatoms. The van der Waals surface area contributed by atoms with Gasteiger partial charge in [0.25, 0.3) is 0 Å². The standard InChI is InChI=1S/C18H24N4O4.ClH/c23-16(20-9-7-19-8-10-20)13-21-11-12-22(18(21)26)15-4-1-14(2-5-15)3-6-17(24)25;/h1-2,4-5,19H,3,6-13H2,(H,24,25);1H. The van der Waals surface area contributed by atoms with Crippen LogP contribution in [0.25, 0.3) is 0 Å². The molecule has 3 rings (SSSR count). The zero-order valence-electron chi connectivity index (χ0n) is 15.1. The number of carbonyl (C=O) groups excluding carboxylic acids is 2. The maximum atomic E-state index is 12.6. The molecular weight excluding hydrogens is 372 g/mol. The number of nitrogens with one attached hydrogen (secondary N) is 1. The number of rotatable bonds is 6. The number of anilines is 1. The third kappa shape index (κ3) is 5.33. The Balaban J connectivity index is 0.00000261. The number of halogens is 1. The molecule has 2 fully saturated rings. The maximum Gasteiger partial charge on any atom is 0.325 e. The van der Waals surface area contributed by atoms with Crippen LogP contribution in [0.15, 0.2) is 24.3 Å². The molecule has 0 aromatic heterocycles. The van der Waals surface area contributed by atoms with Crippen molar-refractivity contribution in [3.63, 3.8) is 0 Å². The van der Waals surface area contributed by atoms with Crippen LogP contribution in [-0.2, 0) is 16.0 Å². The van der Waals surface area contributed by atoms with Gasteiger partial charge in [-0.25, -0.2) is 4.79 Å². The number of carboxylic acid groups (broad SMARTS) is 1. The molecule has 1 aromatic rings. The van der Waals surface area contributed by atoms with Crippen LogP contribution in [0.3, 0.4) is 0 Å². The smallest absolute Gasteiger partial charge is 0.325 e. The average Bonchev–Trinajstić information content (AvgIpc) is 3.01. The lowest BCUT2D eigenvalue weighted by Crippen LogP contribution is -2.50. The summed E-state index contributed by atoms with van der Waals surface area (Å²) in [7, 11) is 0. The number of benzene rings is 1. The largest absolute Gasteiger partial charge is 0.481 e. The first kappa shape index (κ1) is 21.0. The van der Waals surface area contributed by atoms with E-state index in [0.29, 0.717) is 32.6 Å². The van der Waals surface area contributed by atoms with E-state index >= 15 is 0 Å². The van der Waals surface area contributed by atoms with E-state index in [9.17, 15) is 14.4 Å². The summed E-state index contributed by atoms with van der Waals surface area (Å²) in [5, 5.41) is 11.9. The van der Waals surface area contributed by atoms with Crippen LogP contribution in [0.1, 0.15) is 12.0 Å². The summed E-state index contributed by atoms with van der Waals surface area (Å²) in [6.45, 7) is 4.14. The van der Waals surface area contributed by atoms with Gasteiger partial charge >= 0.3 is 12.0 Å². The Morgan fingerprint density at radius 3 is 2.33 bits per heavy atom. The van der Waals surface area contributed by atoms with Crippen molar-refractivity contribution in [3.05, 3.63) is 29.8 Å². The van der Waals surface area contributed by atoms with Crippen LogP contribution < -0.4 is 10.2 Å². The second kappa shape index (κ2) is 9.57. The average molecular weight is 397 g/mol. The van der Waals surface area contributed by atoms with E-state index in [2.05, 4.69) is 5.32 Å². The lowest BCUT2D eigenvalue weighted by atomic mass is 10.1. The highest BCUT2D eigenvalue weighted by molar-refractivity contribution is 5.96. The van der Waals surface area contributed by atoms with Crippen LogP contribution >= 0.6 is 12.4 Å². The summed E-state index contributed by atoms with van der Waals surface area (Å²) in [6, 6.07) is 7.19. The molecular formula is C18H25ClN4O4. The lowest BCUT2D eigenvalue weighted by Gasteiger charge is -2.29. The van der Waals surface area contributed by atoms with Gasteiger partial charge in [0.05, 0.1) is 0 Å². The molecule has 148 valence electrons. The van der Waals surface area contributed by atoms with E-state index in [0.717, 1.165) is 24.3 Å². The molecule has 2 N–H and O–H groups in total. The number of aliphatic carboxylic acids is 1. The van der Waals surface area contributed by atoms with Gasteiger partial charge in [0, 0.05) is 51.4 Å². The third-order valence-corrected chi connectivity index (χ3v) is 4.77. The number of urea groups is 1. The molecule has 0 spiro atoms. The van der Waals surface area contributed by atoms with E-state index < -0.39 is 5.97 Å². The number of aryl methyl sites for hydroxylation is 1. The minimum atomic E-state index is -0.825. The van der Waals surface area contributed by atoms with Crippen LogP contribution in [-0.4, -0.2) is 78.6 Å². The van der Waals surface area contributed by atoms with Gasteiger partial charge in [0.2, 0.25) is 5.91 Å². The van der Waals surface area contributed by atoms with Gasteiger partial charge in [0.1, 0.15) is 6.54 Å². The van der Waals surface area contributed by atoms with Gasteiger partial charge in [0.15, 0.2) is 0 Å². The fourth-order valence-electron chi connectivity index (χ4n) is 3.24. The van der Waals surface area contributed by atoms with Crippen molar-refractivity contribution in [2.45, 2.75) is 12.8 Å². The number of piperazine rings is 1. The van der Waals surface area contributed by atoms with E-state index in [-0.39, 0.29) is 37.3 Å². The number of nitrogens with zero attached hydrogens (tertiary/aromatic N) is 3. The number of carboxylic acids is 1. The summed E-state index contributed by atoms with van der Waals surface area (Å²) in [5.41, 5.74) is 1.69. The van der Waals surface area contributed by atoms with Crippen molar-refractivity contribution < 1.29 is 19.5 Å². The topological polar surface area (TPSA) is 93.2 Å². The Morgan fingerprint density at radius 1 is 1.04 bits per heavy atom. The molecule has 27 heavy (non-hydrogen) atoms. The van der Waals surface area contributed by atoms with E-state index in [1.54, 1.807) is 14.7 Å². The van der Waals surface area contributed by atoms with E-state index in [1.807, 2.05) is 24.3 Å². The number of amides is 3. The molecule has 0 radical (unpaired) electrons. The Hall–Kier alpha value is -2.32. The predicted molar refractivity (Wildman–Crippen MR) is 103 cm³/mol. The number of carbonyl (C=O) groups is 3. The fraction of sp³-hybridized carbons (Fsp3) is 0.500. The van der Waals surface area contributed by atoms with Crippen LogP contribution in [0, 0.1) is 0 Å². The van der Waals surface area contributed by atoms with Crippen molar-refractivity contribution in [1.29, 1.82) is 0 Å². The van der Waals surface area contributed by atoms with Gasteiger partial charge in [-0.1, -0.05) is 12.1 Å². The molecule has 1 aromatic carbocycles. The molecule has 0 atom stereocenters. The Morgan fingerprint density at radius 2 is 1.70 bits per heavy atom. The van der Waals surface area contributed by atoms with Gasteiger partial charge < -0.3 is 20.2 Å². The maximum absolute atomic E-state index is 12.6. The Bertz CT molecular complexity index is 676. The summed E-state index contributed by atoms with van der Waals surface area (Å²) < 4.78 is 0. The molecule has 8 nitrogen and oxygen atoms in total. The second-order valence-electron chi connectivity index (χ2n) is 6.55. The fourth-order valence-corrected chi connectivity index (χ4v) is 3.24. The molecule has 0 aliphatic carbocycles. The summed E-state index contributed by atoms with van der Waals surface area (Å²) >= 11 is 0. The molecule has 2 aliphatic rings. The predicted octanol–water partition coefficient (Wildman–Crippen LogP) is 0.799. The molecule has 0 unspecified atom stereocenters. The first-order valence-electron chi connectivity index (χ1n) is 8.90. The SMILES string of the molecule is Cl.O=C(O)CCc1ccc(N2CCN(CC(=O)N3CCNCC3)C2=O)cc1. The quantitative estimate of drug-likeness (QED) is 0.741. The second-order valence-corrected chi connectivity index (χ2v) is 6.55. The number of hydrogen-bond acceptors (Lipinski definition) is 4. The van der Waals surface area contributed by atoms with Crippen molar-refractivity contribution in [2.75, 3.05) is 50.7 Å². The van der Waals surface area contributed by atoms with Crippen molar-refractivity contribution in [3.8, 4) is 0 Å². The number of hydrogen-bond donors (Lipinski definition) is 2. The van der Waals surface area contributed by atoms with Gasteiger partial charge in [-0.05, 0) is 24.1 Å². The minimum absolute atomic E-state index is 0. The van der Waals surface area contributed by atoms with Crippen LogP contribution in [0.5, 0.6) is 0 Å². The van der Waals surface area contributed by atoms with Crippen molar-refractivity contribution in [1.82, 2.24) is 15.1 Å². The summed E-state index contributed by atoms with van der Waals surface area (Å²) in [6.07, 6.45) is 0.554. The van der Waals surface area contributed by atoms with Gasteiger partial charge in [-0.3, -0.25) is 14.5 Å². The molecule has 2 saturated heterocycles. The zero-order chi connectivity index (χ0) is 18.5. The van der Waals surface area contributed by atoms with E-state index in [4.69, 9.17) is 5.11 Å². The Kier molecular flexibility index (Phi) is 7.44. The van der Waals surface area contributed by atoms with Gasteiger partial charge in [-0.2, -0.15) is 0 Å². The first-order valence-corrected chi connectivity index (χ1v) is 8.90. The zero-order valence-corrected chi connectivity index (χ0v) is 15.9. The summed E-state index contributed by atoms with van der Waals surface area (Å²) in [5.74, 6) is -0.834. The minimum Gasteiger partial charge on any atom is -0.481 e. The van der Waals surface area contributed by atoms with Crippen LogP contribution in [0.2, 0.25) is 0 Å². The summed E-state index contributed by atoms with van der Waals surface area (Å²) in [4.78, 5) is 40.6. The highest BCUT2D eigenvalue weighted by Gasteiger charge is 2.32.